The number of ether oxygens (including phenoxy) is 2. The van der Waals surface area contributed by atoms with Crippen molar-refractivity contribution in [3.63, 3.8) is 0 Å². The summed E-state index contributed by atoms with van der Waals surface area (Å²) >= 11 is 0. The first kappa shape index (κ1) is 12.4. The molecule has 0 aliphatic heterocycles. The molecule has 2 rings (SSSR count). The quantitative estimate of drug-likeness (QED) is 0.853. The molecule has 0 radical (unpaired) electrons. The van der Waals surface area contributed by atoms with Crippen molar-refractivity contribution in [2.75, 3.05) is 7.11 Å². The molecule has 94 valence electrons. The molecule has 1 aliphatic carbocycles. The molecule has 2 N–H and O–H groups in total. The van der Waals surface area contributed by atoms with Gasteiger partial charge in [0.25, 0.3) is 0 Å². The van der Waals surface area contributed by atoms with Gasteiger partial charge in [0.2, 0.25) is 0 Å². The Hall–Kier alpha value is -1.06. The minimum atomic E-state index is -0.362. The number of benzene rings is 1. The predicted molar refractivity (Wildman–Crippen MR) is 68.1 cm³/mol. The van der Waals surface area contributed by atoms with Crippen molar-refractivity contribution in [2.24, 2.45) is 5.73 Å². The summed E-state index contributed by atoms with van der Waals surface area (Å²) in [6.45, 7) is 3.98. The van der Waals surface area contributed by atoms with Crippen LogP contribution in [-0.4, -0.2) is 18.8 Å². The van der Waals surface area contributed by atoms with Gasteiger partial charge in [-0.25, -0.2) is 0 Å². The Labute approximate surface area is 103 Å². The first-order valence-corrected chi connectivity index (χ1v) is 6.10. The Morgan fingerprint density at radius 2 is 1.82 bits per heavy atom. The van der Waals surface area contributed by atoms with Crippen LogP contribution in [0.3, 0.4) is 0 Å². The first-order valence-electron chi connectivity index (χ1n) is 6.10. The highest BCUT2D eigenvalue weighted by molar-refractivity contribution is 5.30. The summed E-state index contributed by atoms with van der Waals surface area (Å²) in [7, 11) is 1.68. The van der Waals surface area contributed by atoms with Gasteiger partial charge >= 0.3 is 0 Å². The number of hydrogen-bond acceptors (Lipinski definition) is 3. The van der Waals surface area contributed by atoms with Gasteiger partial charge in [-0.05, 0) is 44.4 Å². The zero-order chi connectivity index (χ0) is 12.5. The maximum absolute atomic E-state index is 6.18. The van der Waals surface area contributed by atoms with E-state index in [1.54, 1.807) is 7.11 Å². The van der Waals surface area contributed by atoms with Crippen LogP contribution in [0.15, 0.2) is 24.3 Å². The molecule has 0 saturated heterocycles. The highest BCUT2D eigenvalue weighted by Gasteiger charge is 2.27. The van der Waals surface area contributed by atoms with Crippen molar-refractivity contribution in [3.05, 3.63) is 29.8 Å². The third-order valence-corrected chi connectivity index (χ3v) is 3.34. The van der Waals surface area contributed by atoms with Crippen molar-refractivity contribution in [1.29, 1.82) is 0 Å². The summed E-state index contributed by atoms with van der Waals surface area (Å²) in [6.07, 6.45) is 2.79. The van der Waals surface area contributed by atoms with E-state index < -0.39 is 0 Å². The van der Waals surface area contributed by atoms with Crippen molar-refractivity contribution in [2.45, 2.75) is 44.4 Å². The molecule has 1 aromatic carbocycles. The molecular formula is C14H21NO2. The highest BCUT2D eigenvalue weighted by Crippen LogP contribution is 2.30. The fourth-order valence-electron chi connectivity index (χ4n) is 1.66. The monoisotopic (exact) mass is 235 g/mol. The smallest absolute Gasteiger partial charge is 0.119 e. The van der Waals surface area contributed by atoms with E-state index in [0.717, 1.165) is 11.3 Å². The normalized spacial score (nSPS) is 17.9. The van der Waals surface area contributed by atoms with E-state index in [4.69, 9.17) is 15.2 Å². The van der Waals surface area contributed by atoms with E-state index in [2.05, 4.69) is 0 Å². The molecule has 3 heteroatoms. The topological polar surface area (TPSA) is 44.5 Å². The second-order valence-corrected chi connectivity index (χ2v) is 5.17. The lowest BCUT2D eigenvalue weighted by molar-refractivity contribution is -0.0000462. The van der Waals surface area contributed by atoms with Crippen LogP contribution in [0.2, 0.25) is 0 Å². The second kappa shape index (κ2) is 4.67. The lowest BCUT2D eigenvalue weighted by Crippen LogP contribution is -2.37. The van der Waals surface area contributed by atoms with E-state index in [-0.39, 0.29) is 11.6 Å². The van der Waals surface area contributed by atoms with Crippen LogP contribution in [0.5, 0.6) is 5.75 Å². The molecule has 0 heterocycles. The third kappa shape index (κ3) is 2.99. The molecule has 0 amide bonds. The maximum Gasteiger partial charge on any atom is 0.119 e. The SMILES string of the molecule is COC(C)(C)C(N)c1ccc(OC2CC2)cc1. The van der Waals surface area contributed by atoms with Crippen molar-refractivity contribution >= 4 is 0 Å². The fraction of sp³-hybridized carbons (Fsp3) is 0.571. The maximum atomic E-state index is 6.18. The Morgan fingerprint density at radius 1 is 1.24 bits per heavy atom. The van der Waals surface area contributed by atoms with Gasteiger partial charge in [0.05, 0.1) is 17.7 Å². The lowest BCUT2D eigenvalue weighted by atomic mass is 9.92. The van der Waals surface area contributed by atoms with Crippen LogP contribution in [0.25, 0.3) is 0 Å². The predicted octanol–water partition coefficient (Wildman–Crippen LogP) is 2.65. The Balaban J connectivity index is 2.05. The molecule has 17 heavy (non-hydrogen) atoms. The zero-order valence-corrected chi connectivity index (χ0v) is 10.8. The van der Waals surface area contributed by atoms with Gasteiger partial charge in [-0.15, -0.1) is 0 Å². The summed E-state index contributed by atoms with van der Waals surface area (Å²) in [4.78, 5) is 0. The number of nitrogens with two attached hydrogens (primary N) is 1. The van der Waals surface area contributed by atoms with Crippen LogP contribution in [-0.2, 0) is 4.74 Å². The first-order chi connectivity index (χ1) is 8.03. The average molecular weight is 235 g/mol. The molecule has 0 spiro atoms. The second-order valence-electron chi connectivity index (χ2n) is 5.17. The van der Waals surface area contributed by atoms with Crippen LogP contribution in [0.1, 0.15) is 38.3 Å². The summed E-state index contributed by atoms with van der Waals surface area (Å²) in [5.74, 6) is 0.929. The molecule has 1 atom stereocenters. The molecule has 3 nitrogen and oxygen atoms in total. The minimum absolute atomic E-state index is 0.137. The summed E-state index contributed by atoms with van der Waals surface area (Å²) in [6, 6.07) is 7.87. The third-order valence-electron chi connectivity index (χ3n) is 3.34. The van der Waals surface area contributed by atoms with Crippen LogP contribution < -0.4 is 10.5 Å². The molecule has 1 aliphatic rings. The number of methoxy groups -OCH3 is 1. The Morgan fingerprint density at radius 3 is 2.29 bits per heavy atom. The van der Waals surface area contributed by atoms with Crippen molar-refractivity contribution in [3.8, 4) is 5.75 Å². The molecule has 1 unspecified atom stereocenters. The van der Waals surface area contributed by atoms with Gasteiger partial charge in [-0.3, -0.25) is 0 Å². The van der Waals surface area contributed by atoms with Crippen LogP contribution >= 0.6 is 0 Å². The molecular weight excluding hydrogens is 214 g/mol. The summed E-state index contributed by atoms with van der Waals surface area (Å²) in [5, 5.41) is 0. The van der Waals surface area contributed by atoms with Crippen molar-refractivity contribution < 1.29 is 9.47 Å². The molecule has 1 fully saturated rings. The van der Waals surface area contributed by atoms with Gasteiger partial charge in [0, 0.05) is 7.11 Å². The van der Waals surface area contributed by atoms with Crippen LogP contribution in [0, 0.1) is 0 Å². The molecule has 1 saturated carbocycles. The highest BCUT2D eigenvalue weighted by atomic mass is 16.5. The van der Waals surface area contributed by atoms with Gasteiger partial charge < -0.3 is 15.2 Å². The van der Waals surface area contributed by atoms with Gasteiger partial charge in [-0.1, -0.05) is 12.1 Å². The van der Waals surface area contributed by atoms with E-state index in [9.17, 15) is 0 Å². The van der Waals surface area contributed by atoms with Gasteiger partial charge in [0.1, 0.15) is 5.75 Å². The largest absolute Gasteiger partial charge is 0.490 e. The van der Waals surface area contributed by atoms with Gasteiger partial charge in [0.15, 0.2) is 0 Å². The van der Waals surface area contributed by atoms with E-state index in [0.29, 0.717) is 6.10 Å². The van der Waals surface area contributed by atoms with E-state index in [1.165, 1.54) is 12.8 Å². The molecule has 0 bridgehead atoms. The Kier molecular flexibility index (Phi) is 3.40. The van der Waals surface area contributed by atoms with E-state index in [1.807, 2.05) is 38.1 Å². The number of rotatable bonds is 5. The summed E-state index contributed by atoms with van der Waals surface area (Å²) in [5.41, 5.74) is 6.89. The molecule has 0 aromatic heterocycles. The van der Waals surface area contributed by atoms with Gasteiger partial charge in [-0.2, -0.15) is 0 Å². The minimum Gasteiger partial charge on any atom is -0.490 e. The lowest BCUT2D eigenvalue weighted by Gasteiger charge is -2.30. The standard InChI is InChI=1S/C14H21NO2/c1-14(2,16-3)13(15)10-4-6-11(7-5-10)17-12-8-9-12/h4-7,12-13H,8-9,15H2,1-3H3. The van der Waals surface area contributed by atoms with Crippen molar-refractivity contribution in [1.82, 2.24) is 0 Å². The van der Waals surface area contributed by atoms with Crippen LogP contribution in [0.4, 0.5) is 0 Å². The molecule has 1 aromatic rings. The Bertz CT molecular complexity index is 368. The fourth-order valence-corrected chi connectivity index (χ4v) is 1.66. The number of hydrogen-bond donors (Lipinski definition) is 1. The average Bonchev–Trinajstić information content (AvgIpc) is 3.13. The van der Waals surface area contributed by atoms with E-state index >= 15 is 0 Å². The summed E-state index contributed by atoms with van der Waals surface area (Å²) < 4.78 is 11.1. The zero-order valence-electron chi connectivity index (χ0n) is 10.8.